The summed E-state index contributed by atoms with van der Waals surface area (Å²) < 4.78 is 5.38. The quantitative estimate of drug-likeness (QED) is 0.623. The molecule has 1 atom stereocenters. The Hall–Kier alpha value is -2.01. The Morgan fingerprint density at radius 2 is 1.76 bits per heavy atom. The number of aromatic nitrogens is 2. The molecule has 5 nitrogen and oxygen atoms in total. The van der Waals surface area contributed by atoms with E-state index in [4.69, 9.17) is 16.3 Å². The Morgan fingerprint density at radius 3 is 2.48 bits per heavy atom. The zero-order valence-corrected chi connectivity index (χ0v) is 15.1. The van der Waals surface area contributed by atoms with E-state index in [9.17, 15) is 0 Å². The summed E-state index contributed by atoms with van der Waals surface area (Å²) in [6.45, 7) is 0. The summed E-state index contributed by atoms with van der Waals surface area (Å²) in [5.74, 6) is 2.51. The standard InChI is InChI=1S/C19H23ClN4O/c1-25-16-8-5-12-3-2-4-15(9-13(12)10-16)22-18-11-17(21-14-6-7-14)23-19(20)24-18/h5,8,10-11,14-15H,2-4,6-7,9H2,1H3,(H2,21,22,23,24). The molecule has 1 aromatic carbocycles. The fraction of sp³-hybridized carbons (Fsp3) is 0.474. The van der Waals surface area contributed by atoms with Crippen molar-refractivity contribution in [3.63, 3.8) is 0 Å². The molecule has 1 fully saturated rings. The van der Waals surface area contributed by atoms with E-state index in [2.05, 4.69) is 32.7 Å². The van der Waals surface area contributed by atoms with Gasteiger partial charge in [0.2, 0.25) is 5.28 Å². The number of methoxy groups -OCH3 is 1. The van der Waals surface area contributed by atoms with Gasteiger partial charge in [-0.15, -0.1) is 0 Å². The average Bonchev–Trinajstić information content (AvgIpc) is 3.40. The predicted octanol–water partition coefficient (Wildman–Crippen LogP) is 4.07. The Balaban J connectivity index is 1.50. The fourth-order valence-electron chi connectivity index (χ4n) is 3.40. The van der Waals surface area contributed by atoms with E-state index in [0.717, 1.165) is 43.1 Å². The number of hydrogen-bond donors (Lipinski definition) is 2. The maximum atomic E-state index is 6.11. The molecule has 1 saturated carbocycles. The number of hydrogen-bond acceptors (Lipinski definition) is 5. The molecule has 2 N–H and O–H groups in total. The molecule has 0 radical (unpaired) electrons. The van der Waals surface area contributed by atoms with Crippen LogP contribution in [-0.2, 0) is 12.8 Å². The van der Waals surface area contributed by atoms with Crippen molar-refractivity contribution >= 4 is 23.2 Å². The minimum absolute atomic E-state index is 0.281. The Kier molecular flexibility index (Phi) is 4.66. The van der Waals surface area contributed by atoms with Gasteiger partial charge in [0.1, 0.15) is 17.4 Å². The minimum Gasteiger partial charge on any atom is -0.497 e. The average molecular weight is 359 g/mol. The number of benzene rings is 1. The van der Waals surface area contributed by atoms with Gasteiger partial charge >= 0.3 is 0 Å². The number of nitrogens with zero attached hydrogens (tertiary/aromatic N) is 2. The van der Waals surface area contributed by atoms with Gasteiger partial charge in [0.05, 0.1) is 7.11 Å². The van der Waals surface area contributed by atoms with Crippen LogP contribution < -0.4 is 15.4 Å². The van der Waals surface area contributed by atoms with Gasteiger partial charge in [-0.05, 0) is 73.4 Å². The molecule has 2 aliphatic rings. The summed E-state index contributed by atoms with van der Waals surface area (Å²) in [4.78, 5) is 8.63. The van der Waals surface area contributed by atoms with Crippen molar-refractivity contribution in [1.29, 1.82) is 0 Å². The van der Waals surface area contributed by atoms with Crippen LogP contribution in [0.25, 0.3) is 0 Å². The lowest BCUT2D eigenvalue weighted by Crippen LogP contribution is -2.22. The predicted molar refractivity (Wildman–Crippen MR) is 101 cm³/mol. The lowest BCUT2D eigenvalue weighted by molar-refractivity contribution is 0.414. The summed E-state index contributed by atoms with van der Waals surface area (Å²) in [5, 5.41) is 7.22. The first kappa shape index (κ1) is 16.5. The Labute approximate surface area is 153 Å². The first-order valence-corrected chi connectivity index (χ1v) is 9.31. The lowest BCUT2D eigenvalue weighted by Gasteiger charge is -2.18. The van der Waals surface area contributed by atoms with Crippen molar-refractivity contribution in [2.45, 2.75) is 50.6 Å². The van der Waals surface area contributed by atoms with Crippen LogP contribution in [0, 0.1) is 0 Å². The summed E-state index contributed by atoms with van der Waals surface area (Å²) in [6, 6.07) is 9.22. The lowest BCUT2D eigenvalue weighted by atomic mass is 10.0. The molecule has 0 spiro atoms. The van der Waals surface area contributed by atoms with Gasteiger partial charge in [-0.25, -0.2) is 9.97 Å². The third-order valence-electron chi connectivity index (χ3n) is 4.86. The van der Waals surface area contributed by atoms with Gasteiger partial charge < -0.3 is 15.4 Å². The van der Waals surface area contributed by atoms with Crippen LogP contribution in [0.2, 0.25) is 5.28 Å². The molecule has 132 valence electrons. The highest BCUT2D eigenvalue weighted by Gasteiger charge is 2.22. The number of fused-ring (bicyclic) bond motifs is 1. The van der Waals surface area contributed by atoms with E-state index >= 15 is 0 Å². The van der Waals surface area contributed by atoms with Crippen LogP contribution in [0.5, 0.6) is 5.75 Å². The van der Waals surface area contributed by atoms with Crippen molar-refractivity contribution < 1.29 is 4.74 Å². The second-order valence-corrected chi connectivity index (χ2v) is 7.24. The third kappa shape index (κ3) is 4.15. The highest BCUT2D eigenvalue weighted by molar-refractivity contribution is 6.28. The first-order valence-electron chi connectivity index (χ1n) is 8.93. The second kappa shape index (κ2) is 7.08. The first-order chi connectivity index (χ1) is 12.2. The van der Waals surface area contributed by atoms with Gasteiger partial charge in [0, 0.05) is 18.2 Å². The minimum atomic E-state index is 0.281. The van der Waals surface area contributed by atoms with Gasteiger partial charge in [0.25, 0.3) is 0 Å². The van der Waals surface area contributed by atoms with Crippen LogP contribution in [0.1, 0.15) is 36.8 Å². The maximum absolute atomic E-state index is 6.11. The zero-order valence-electron chi connectivity index (χ0n) is 14.4. The van der Waals surface area contributed by atoms with E-state index in [1.807, 2.05) is 12.1 Å². The highest BCUT2D eigenvalue weighted by Crippen LogP contribution is 2.28. The molecule has 1 unspecified atom stereocenters. The molecular weight excluding hydrogens is 336 g/mol. The maximum Gasteiger partial charge on any atom is 0.226 e. The number of rotatable bonds is 5. The zero-order chi connectivity index (χ0) is 17.2. The van der Waals surface area contributed by atoms with Crippen molar-refractivity contribution in [2.75, 3.05) is 17.7 Å². The molecule has 0 amide bonds. The smallest absolute Gasteiger partial charge is 0.226 e. The monoisotopic (exact) mass is 358 g/mol. The van der Waals surface area contributed by atoms with Crippen LogP contribution >= 0.6 is 11.6 Å². The summed E-state index contributed by atoms with van der Waals surface area (Å²) in [6.07, 6.45) is 6.72. The van der Waals surface area contributed by atoms with Gasteiger partial charge in [-0.2, -0.15) is 0 Å². The summed E-state index contributed by atoms with van der Waals surface area (Å²) >= 11 is 6.11. The molecule has 6 heteroatoms. The topological polar surface area (TPSA) is 59.1 Å². The van der Waals surface area contributed by atoms with Crippen molar-refractivity contribution in [1.82, 2.24) is 9.97 Å². The molecule has 2 aromatic rings. The van der Waals surface area contributed by atoms with E-state index < -0.39 is 0 Å². The molecule has 2 aliphatic carbocycles. The van der Waals surface area contributed by atoms with Crippen molar-refractivity contribution in [2.24, 2.45) is 0 Å². The van der Waals surface area contributed by atoms with Crippen LogP contribution in [0.3, 0.4) is 0 Å². The number of nitrogens with one attached hydrogen (secondary N) is 2. The number of anilines is 2. The molecule has 0 bridgehead atoms. The van der Waals surface area contributed by atoms with Gasteiger partial charge in [-0.3, -0.25) is 0 Å². The van der Waals surface area contributed by atoms with Crippen LogP contribution in [-0.4, -0.2) is 29.2 Å². The van der Waals surface area contributed by atoms with E-state index in [0.29, 0.717) is 12.1 Å². The Morgan fingerprint density at radius 1 is 1.00 bits per heavy atom. The van der Waals surface area contributed by atoms with E-state index in [1.165, 1.54) is 24.0 Å². The molecule has 1 aromatic heterocycles. The fourth-order valence-corrected chi connectivity index (χ4v) is 3.59. The molecule has 0 aliphatic heterocycles. The van der Waals surface area contributed by atoms with Gasteiger partial charge in [-0.1, -0.05) is 6.07 Å². The molecule has 1 heterocycles. The molecule has 4 rings (SSSR count). The van der Waals surface area contributed by atoms with Crippen LogP contribution in [0.15, 0.2) is 24.3 Å². The summed E-state index contributed by atoms with van der Waals surface area (Å²) in [7, 11) is 1.71. The van der Waals surface area contributed by atoms with Gasteiger partial charge in [0.15, 0.2) is 0 Å². The van der Waals surface area contributed by atoms with Crippen molar-refractivity contribution in [3.05, 3.63) is 40.7 Å². The SMILES string of the molecule is COc1ccc2c(c1)CC(Nc1cc(NC3CC3)nc(Cl)n1)CCC2. The third-order valence-corrected chi connectivity index (χ3v) is 5.03. The molecular formula is C19H23ClN4O. The molecule has 25 heavy (non-hydrogen) atoms. The largest absolute Gasteiger partial charge is 0.497 e. The highest BCUT2D eigenvalue weighted by atomic mass is 35.5. The van der Waals surface area contributed by atoms with Crippen LogP contribution in [0.4, 0.5) is 11.6 Å². The normalized spacial score (nSPS) is 19.7. The summed E-state index contributed by atoms with van der Waals surface area (Å²) in [5.41, 5.74) is 2.77. The van der Waals surface area contributed by atoms with Crippen molar-refractivity contribution in [3.8, 4) is 5.75 Å². The second-order valence-electron chi connectivity index (χ2n) is 6.90. The van der Waals surface area contributed by atoms with E-state index in [1.54, 1.807) is 7.11 Å². The Bertz CT molecular complexity index is 763. The number of halogens is 1. The van der Waals surface area contributed by atoms with E-state index in [-0.39, 0.29) is 5.28 Å². The molecule has 0 saturated heterocycles. The number of ether oxygens (including phenoxy) is 1. The number of aryl methyl sites for hydroxylation is 1.